The molecule has 94 valence electrons. The van der Waals surface area contributed by atoms with E-state index in [4.69, 9.17) is 5.73 Å². The molecule has 2 N–H and O–H groups in total. The standard InChI is InChI=1S/C13H21N3S/c1-10-8-16(9-11(2)17-10)6-5-13-4-3-12(14)7-15-13/h3-4,7,10-11H,5-6,8-9,14H2,1-2H3. The molecule has 0 aliphatic carbocycles. The molecule has 2 heterocycles. The zero-order valence-electron chi connectivity index (χ0n) is 10.6. The molecule has 0 radical (unpaired) electrons. The minimum absolute atomic E-state index is 0.741. The minimum atomic E-state index is 0.741. The predicted molar refractivity (Wildman–Crippen MR) is 75.3 cm³/mol. The third kappa shape index (κ3) is 3.89. The molecule has 0 aromatic carbocycles. The van der Waals surface area contributed by atoms with Crippen molar-refractivity contribution in [2.45, 2.75) is 30.8 Å². The number of anilines is 1. The summed E-state index contributed by atoms with van der Waals surface area (Å²) in [6.07, 6.45) is 2.76. The molecule has 4 heteroatoms. The summed E-state index contributed by atoms with van der Waals surface area (Å²) in [5.41, 5.74) is 7.50. The van der Waals surface area contributed by atoms with Crippen LogP contribution in [0.5, 0.6) is 0 Å². The third-order valence-corrected chi connectivity index (χ3v) is 4.25. The van der Waals surface area contributed by atoms with E-state index in [1.165, 1.54) is 13.1 Å². The van der Waals surface area contributed by atoms with Crippen molar-refractivity contribution in [3.63, 3.8) is 0 Å². The van der Waals surface area contributed by atoms with Crippen LogP contribution >= 0.6 is 11.8 Å². The van der Waals surface area contributed by atoms with Crippen LogP contribution in [0.1, 0.15) is 19.5 Å². The van der Waals surface area contributed by atoms with E-state index in [1.54, 1.807) is 6.20 Å². The summed E-state index contributed by atoms with van der Waals surface area (Å²) in [6.45, 7) is 8.13. The molecule has 17 heavy (non-hydrogen) atoms. The maximum atomic E-state index is 5.63. The summed E-state index contributed by atoms with van der Waals surface area (Å²) in [7, 11) is 0. The van der Waals surface area contributed by atoms with E-state index in [2.05, 4.69) is 35.5 Å². The van der Waals surface area contributed by atoms with Gasteiger partial charge in [0.25, 0.3) is 0 Å². The molecule has 2 rings (SSSR count). The maximum Gasteiger partial charge on any atom is 0.0501 e. The van der Waals surface area contributed by atoms with Gasteiger partial charge in [-0.3, -0.25) is 4.98 Å². The van der Waals surface area contributed by atoms with Crippen molar-refractivity contribution in [2.24, 2.45) is 0 Å². The summed E-state index contributed by atoms with van der Waals surface area (Å²) in [5.74, 6) is 0. The smallest absolute Gasteiger partial charge is 0.0501 e. The summed E-state index contributed by atoms with van der Waals surface area (Å²) < 4.78 is 0. The van der Waals surface area contributed by atoms with Crippen LogP contribution in [0.4, 0.5) is 5.69 Å². The van der Waals surface area contributed by atoms with Crippen LogP contribution in [-0.4, -0.2) is 40.0 Å². The zero-order chi connectivity index (χ0) is 12.3. The lowest BCUT2D eigenvalue weighted by atomic mass is 10.2. The quantitative estimate of drug-likeness (QED) is 0.892. The Morgan fingerprint density at radius 3 is 2.65 bits per heavy atom. The topological polar surface area (TPSA) is 42.1 Å². The number of hydrogen-bond donors (Lipinski definition) is 1. The van der Waals surface area contributed by atoms with Gasteiger partial charge >= 0.3 is 0 Å². The first kappa shape index (κ1) is 12.7. The Labute approximate surface area is 108 Å². The number of hydrogen-bond acceptors (Lipinski definition) is 4. The first-order valence-corrected chi connectivity index (χ1v) is 7.16. The molecular formula is C13H21N3S. The second kappa shape index (κ2) is 5.74. The Bertz CT molecular complexity index is 342. The van der Waals surface area contributed by atoms with Gasteiger partial charge < -0.3 is 10.6 Å². The van der Waals surface area contributed by atoms with E-state index < -0.39 is 0 Å². The molecule has 0 spiro atoms. The molecule has 2 atom stereocenters. The van der Waals surface area contributed by atoms with Gasteiger partial charge in [-0.2, -0.15) is 11.8 Å². The normalized spacial score (nSPS) is 26.0. The number of thioether (sulfide) groups is 1. The van der Waals surface area contributed by atoms with Crippen LogP contribution in [0.15, 0.2) is 18.3 Å². The summed E-state index contributed by atoms with van der Waals surface area (Å²) in [6, 6.07) is 3.96. The monoisotopic (exact) mass is 251 g/mol. The van der Waals surface area contributed by atoms with Crippen LogP contribution in [-0.2, 0) is 6.42 Å². The molecule has 1 aromatic rings. The van der Waals surface area contributed by atoms with Crippen molar-refractivity contribution in [1.29, 1.82) is 0 Å². The lowest BCUT2D eigenvalue weighted by molar-refractivity contribution is 0.273. The van der Waals surface area contributed by atoms with Gasteiger partial charge in [-0.1, -0.05) is 13.8 Å². The van der Waals surface area contributed by atoms with E-state index in [0.717, 1.165) is 34.8 Å². The average molecular weight is 251 g/mol. The number of pyridine rings is 1. The largest absolute Gasteiger partial charge is 0.397 e. The van der Waals surface area contributed by atoms with E-state index in [9.17, 15) is 0 Å². The van der Waals surface area contributed by atoms with E-state index >= 15 is 0 Å². The van der Waals surface area contributed by atoms with Crippen LogP contribution < -0.4 is 5.73 Å². The van der Waals surface area contributed by atoms with Gasteiger partial charge in [-0.05, 0) is 12.1 Å². The van der Waals surface area contributed by atoms with Crippen LogP contribution in [0.3, 0.4) is 0 Å². The highest BCUT2D eigenvalue weighted by atomic mass is 32.2. The lowest BCUT2D eigenvalue weighted by Crippen LogP contribution is -2.41. The first-order chi connectivity index (χ1) is 8.13. The predicted octanol–water partition coefficient (Wildman–Crippen LogP) is 2.03. The highest BCUT2D eigenvalue weighted by Crippen LogP contribution is 2.24. The van der Waals surface area contributed by atoms with Gasteiger partial charge in [0.15, 0.2) is 0 Å². The fourth-order valence-electron chi connectivity index (χ4n) is 2.32. The molecule has 2 unspecified atom stereocenters. The Hall–Kier alpha value is -0.740. The Morgan fingerprint density at radius 1 is 1.35 bits per heavy atom. The Kier molecular flexibility index (Phi) is 4.29. The average Bonchev–Trinajstić information content (AvgIpc) is 2.27. The molecular weight excluding hydrogens is 230 g/mol. The van der Waals surface area contributed by atoms with E-state index in [0.29, 0.717) is 0 Å². The summed E-state index contributed by atoms with van der Waals surface area (Å²) >= 11 is 2.09. The van der Waals surface area contributed by atoms with Crippen LogP contribution in [0.25, 0.3) is 0 Å². The van der Waals surface area contributed by atoms with Gasteiger partial charge in [0, 0.05) is 42.2 Å². The SMILES string of the molecule is CC1CN(CCc2ccc(N)cn2)CC(C)S1. The fourth-order valence-corrected chi connectivity index (χ4v) is 3.71. The molecule has 3 nitrogen and oxygen atoms in total. The van der Waals surface area contributed by atoms with Crippen molar-refractivity contribution in [1.82, 2.24) is 9.88 Å². The lowest BCUT2D eigenvalue weighted by Gasteiger charge is -2.34. The van der Waals surface area contributed by atoms with E-state index in [1.807, 2.05) is 12.1 Å². The highest BCUT2D eigenvalue weighted by Gasteiger charge is 2.21. The van der Waals surface area contributed by atoms with Gasteiger partial charge in [-0.15, -0.1) is 0 Å². The van der Waals surface area contributed by atoms with Gasteiger partial charge in [0.2, 0.25) is 0 Å². The molecule has 0 saturated carbocycles. The number of nitrogen functional groups attached to an aromatic ring is 1. The molecule has 0 amide bonds. The summed E-state index contributed by atoms with van der Waals surface area (Å²) in [4.78, 5) is 6.89. The maximum absolute atomic E-state index is 5.63. The second-order valence-electron chi connectivity index (χ2n) is 4.85. The minimum Gasteiger partial charge on any atom is -0.397 e. The number of nitrogens with zero attached hydrogens (tertiary/aromatic N) is 2. The number of nitrogens with two attached hydrogens (primary N) is 1. The van der Waals surface area contributed by atoms with Crippen LogP contribution in [0, 0.1) is 0 Å². The highest BCUT2D eigenvalue weighted by molar-refractivity contribution is 8.00. The van der Waals surface area contributed by atoms with E-state index in [-0.39, 0.29) is 0 Å². The Balaban J connectivity index is 1.83. The number of aromatic nitrogens is 1. The van der Waals surface area contributed by atoms with Gasteiger partial charge in [-0.25, -0.2) is 0 Å². The molecule has 1 aromatic heterocycles. The third-order valence-electron chi connectivity index (χ3n) is 3.03. The van der Waals surface area contributed by atoms with Gasteiger partial charge in [0.1, 0.15) is 0 Å². The summed E-state index contributed by atoms with van der Waals surface area (Å²) in [5, 5.41) is 1.50. The Morgan fingerprint density at radius 2 is 2.06 bits per heavy atom. The molecule has 0 bridgehead atoms. The zero-order valence-corrected chi connectivity index (χ0v) is 11.4. The fraction of sp³-hybridized carbons (Fsp3) is 0.615. The van der Waals surface area contributed by atoms with Crippen molar-refractivity contribution in [3.05, 3.63) is 24.0 Å². The molecule has 1 saturated heterocycles. The van der Waals surface area contributed by atoms with Crippen LogP contribution in [0.2, 0.25) is 0 Å². The van der Waals surface area contributed by atoms with Crippen molar-refractivity contribution in [2.75, 3.05) is 25.4 Å². The molecule has 1 fully saturated rings. The molecule has 1 aliphatic rings. The first-order valence-electron chi connectivity index (χ1n) is 6.21. The molecule has 1 aliphatic heterocycles. The van der Waals surface area contributed by atoms with Crippen molar-refractivity contribution >= 4 is 17.4 Å². The van der Waals surface area contributed by atoms with Crippen molar-refractivity contribution in [3.8, 4) is 0 Å². The van der Waals surface area contributed by atoms with Crippen molar-refractivity contribution < 1.29 is 0 Å². The van der Waals surface area contributed by atoms with Gasteiger partial charge in [0.05, 0.1) is 11.9 Å². The second-order valence-corrected chi connectivity index (χ2v) is 6.73. The number of rotatable bonds is 3.